The molecule has 1 aromatic carbocycles. The van der Waals surface area contributed by atoms with Crippen molar-refractivity contribution in [1.29, 1.82) is 0 Å². The minimum Gasteiger partial charge on any atom is -0.481 e. The van der Waals surface area contributed by atoms with Gasteiger partial charge in [0.05, 0.1) is 5.52 Å². The number of aromatic nitrogens is 2. The molecule has 20 heavy (non-hydrogen) atoms. The summed E-state index contributed by atoms with van der Waals surface area (Å²) in [7, 11) is 3.46. The summed E-state index contributed by atoms with van der Waals surface area (Å²) < 4.78 is 1.67. The number of nitrogens with zero attached hydrogens (tertiary/aromatic N) is 3. The van der Waals surface area contributed by atoms with Crippen molar-refractivity contribution in [2.45, 2.75) is 12.8 Å². The van der Waals surface area contributed by atoms with Crippen molar-refractivity contribution >= 4 is 22.8 Å². The van der Waals surface area contributed by atoms with Gasteiger partial charge in [-0.05, 0) is 12.5 Å². The predicted molar refractivity (Wildman–Crippen MR) is 74.5 cm³/mol. The molecule has 6 heteroatoms. The standard InChI is InChI=1S/C14H17N3O3/c1-16(9-5-8-12(18)19)14(20)13-10-6-3-4-7-11(10)17(2)15-13/h3-4,6-7H,5,8-9H2,1-2H3,(H,18,19). The maximum absolute atomic E-state index is 12.4. The molecule has 0 unspecified atom stereocenters. The number of aryl methyl sites for hydroxylation is 1. The quantitative estimate of drug-likeness (QED) is 0.897. The fourth-order valence-corrected chi connectivity index (χ4v) is 2.12. The topological polar surface area (TPSA) is 75.4 Å². The molecule has 0 atom stereocenters. The van der Waals surface area contributed by atoms with Crippen molar-refractivity contribution < 1.29 is 14.7 Å². The normalized spacial score (nSPS) is 10.7. The molecule has 1 amide bonds. The summed E-state index contributed by atoms with van der Waals surface area (Å²) in [6.07, 6.45) is 0.489. The fraction of sp³-hybridized carbons (Fsp3) is 0.357. The highest BCUT2D eigenvalue weighted by atomic mass is 16.4. The lowest BCUT2D eigenvalue weighted by Gasteiger charge is -2.15. The molecule has 0 radical (unpaired) electrons. The highest BCUT2D eigenvalue weighted by molar-refractivity contribution is 6.04. The number of amides is 1. The van der Waals surface area contributed by atoms with E-state index in [2.05, 4.69) is 5.10 Å². The molecule has 0 fully saturated rings. The second kappa shape index (κ2) is 5.73. The van der Waals surface area contributed by atoms with Gasteiger partial charge in [0.15, 0.2) is 5.69 Å². The van der Waals surface area contributed by atoms with E-state index < -0.39 is 5.97 Å². The molecule has 0 spiro atoms. The van der Waals surface area contributed by atoms with Gasteiger partial charge in [0.2, 0.25) is 0 Å². The van der Waals surface area contributed by atoms with Gasteiger partial charge in [-0.1, -0.05) is 18.2 Å². The first-order valence-electron chi connectivity index (χ1n) is 6.39. The van der Waals surface area contributed by atoms with E-state index >= 15 is 0 Å². The number of hydrogen-bond acceptors (Lipinski definition) is 3. The number of carboxylic acid groups (broad SMARTS) is 1. The third-order valence-corrected chi connectivity index (χ3v) is 3.19. The van der Waals surface area contributed by atoms with Crippen LogP contribution in [0.2, 0.25) is 0 Å². The van der Waals surface area contributed by atoms with Crippen LogP contribution in [0.4, 0.5) is 0 Å². The lowest BCUT2D eigenvalue weighted by molar-refractivity contribution is -0.137. The summed E-state index contributed by atoms with van der Waals surface area (Å²) in [6, 6.07) is 7.53. The lowest BCUT2D eigenvalue weighted by Crippen LogP contribution is -2.28. The Morgan fingerprint density at radius 3 is 2.75 bits per heavy atom. The number of carboxylic acids is 1. The van der Waals surface area contributed by atoms with Crippen molar-refractivity contribution in [3.05, 3.63) is 30.0 Å². The first-order chi connectivity index (χ1) is 9.50. The number of hydrogen-bond donors (Lipinski definition) is 1. The Hall–Kier alpha value is -2.37. The Balaban J connectivity index is 2.17. The minimum absolute atomic E-state index is 0.0561. The van der Waals surface area contributed by atoms with E-state index in [1.54, 1.807) is 18.8 Å². The Bertz CT molecular complexity index is 648. The molecule has 0 aliphatic carbocycles. The molecule has 6 nitrogen and oxygen atoms in total. The fourth-order valence-electron chi connectivity index (χ4n) is 2.12. The first-order valence-corrected chi connectivity index (χ1v) is 6.39. The molecule has 1 N–H and O–H groups in total. The van der Waals surface area contributed by atoms with Gasteiger partial charge < -0.3 is 10.0 Å². The molecule has 1 heterocycles. The number of rotatable bonds is 5. The molecular weight excluding hydrogens is 258 g/mol. The van der Waals surface area contributed by atoms with Crippen LogP contribution in [-0.2, 0) is 11.8 Å². The van der Waals surface area contributed by atoms with E-state index in [9.17, 15) is 9.59 Å². The second-order valence-electron chi connectivity index (χ2n) is 4.71. The van der Waals surface area contributed by atoms with Gasteiger partial charge in [0, 0.05) is 32.4 Å². The summed E-state index contributed by atoms with van der Waals surface area (Å²) >= 11 is 0. The first kappa shape index (κ1) is 14.0. The zero-order chi connectivity index (χ0) is 14.7. The van der Waals surface area contributed by atoms with Crippen LogP contribution in [-0.4, -0.2) is 45.3 Å². The van der Waals surface area contributed by atoms with Gasteiger partial charge in [-0.15, -0.1) is 0 Å². The largest absolute Gasteiger partial charge is 0.481 e. The summed E-state index contributed by atoms with van der Waals surface area (Å²) in [5, 5.41) is 13.7. The van der Waals surface area contributed by atoms with Crippen LogP contribution in [0.25, 0.3) is 10.9 Å². The zero-order valence-corrected chi connectivity index (χ0v) is 11.5. The van der Waals surface area contributed by atoms with Crippen molar-refractivity contribution in [2.75, 3.05) is 13.6 Å². The molecule has 0 aliphatic heterocycles. The van der Waals surface area contributed by atoms with E-state index in [1.165, 1.54) is 4.90 Å². The Morgan fingerprint density at radius 2 is 2.05 bits per heavy atom. The third kappa shape index (κ3) is 2.79. The number of para-hydroxylation sites is 1. The Labute approximate surface area is 116 Å². The summed E-state index contributed by atoms with van der Waals surface area (Å²) in [5.74, 6) is -1.04. The number of aliphatic carboxylic acids is 1. The van der Waals surface area contributed by atoms with Gasteiger partial charge in [0.1, 0.15) is 0 Å². The average Bonchev–Trinajstić information content (AvgIpc) is 2.75. The molecule has 0 aliphatic rings. The smallest absolute Gasteiger partial charge is 0.303 e. The van der Waals surface area contributed by atoms with E-state index in [-0.39, 0.29) is 12.3 Å². The second-order valence-corrected chi connectivity index (χ2v) is 4.71. The maximum Gasteiger partial charge on any atom is 0.303 e. The highest BCUT2D eigenvalue weighted by Gasteiger charge is 2.19. The molecule has 1 aromatic heterocycles. The van der Waals surface area contributed by atoms with E-state index in [1.807, 2.05) is 24.3 Å². The van der Waals surface area contributed by atoms with Gasteiger partial charge in [-0.3, -0.25) is 14.3 Å². The molecule has 0 saturated carbocycles. The van der Waals surface area contributed by atoms with Gasteiger partial charge in [-0.25, -0.2) is 0 Å². The van der Waals surface area contributed by atoms with Crippen LogP contribution in [0.15, 0.2) is 24.3 Å². The van der Waals surface area contributed by atoms with Crippen LogP contribution in [0.3, 0.4) is 0 Å². The average molecular weight is 275 g/mol. The van der Waals surface area contributed by atoms with Crippen molar-refractivity contribution in [2.24, 2.45) is 7.05 Å². The van der Waals surface area contributed by atoms with Gasteiger partial charge in [0.25, 0.3) is 5.91 Å². The summed E-state index contributed by atoms with van der Waals surface area (Å²) in [5.41, 5.74) is 1.30. The number of benzene rings is 1. The van der Waals surface area contributed by atoms with E-state index in [0.717, 1.165) is 10.9 Å². The van der Waals surface area contributed by atoms with E-state index in [4.69, 9.17) is 5.11 Å². The minimum atomic E-state index is -0.853. The van der Waals surface area contributed by atoms with Gasteiger partial charge in [-0.2, -0.15) is 5.10 Å². The molecule has 2 rings (SSSR count). The molecule has 0 saturated heterocycles. The maximum atomic E-state index is 12.4. The summed E-state index contributed by atoms with van der Waals surface area (Å²) in [4.78, 5) is 24.3. The predicted octanol–water partition coefficient (Wildman–Crippen LogP) is 1.51. The summed E-state index contributed by atoms with van der Waals surface area (Å²) in [6.45, 7) is 0.399. The van der Waals surface area contributed by atoms with Crippen molar-refractivity contribution in [1.82, 2.24) is 14.7 Å². The lowest BCUT2D eigenvalue weighted by atomic mass is 10.2. The number of fused-ring (bicyclic) bond motifs is 1. The van der Waals surface area contributed by atoms with E-state index in [0.29, 0.717) is 18.7 Å². The molecule has 106 valence electrons. The number of carbonyl (C=O) groups is 2. The van der Waals surface area contributed by atoms with Crippen LogP contribution in [0, 0.1) is 0 Å². The monoisotopic (exact) mass is 275 g/mol. The Morgan fingerprint density at radius 1 is 1.35 bits per heavy atom. The van der Waals surface area contributed by atoms with Crippen LogP contribution >= 0.6 is 0 Å². The van der Waals surface area contributed by atoms with Crippen LogP contribution in [0.5, 0.6) is 0 Å². The molecule has 2 aromatic rings. The van der Waals surface area contributed by atoms with Crippen molar-refractivity contribution in [3.8, 4) is 0 Å². The SMILES string of the molecule is CN(CCCC(=O)O)C(=O)c1nn(C)c2ccccc12. The van der Waals surface area contributed by atoms with Crippen LogP contribution in [0.1, 0.15) is 23.3 Å². The third-order valence-electron chi connectivity index (χ3n) is 3.19. The zero-order valence-electron chi connectivity index (χ0n) is 11.5. The molecule has 0 bridgehead atoms. The Kier molecular flexibility index (Phi) is 4.02. The van der Waals surface area contributed by atoms with Crippen LogP contribution < -0.4 is 0 Å². The molecular formula is C14H17N3O3. The number of carbonyl (C=O) groups excluding carboxylic acids is 1. The highest BCUT2D eigenvalue weighted by Crippen LogP contribution is 2.18. The van der Waals surface area contributed by atoms with Crippen molar-refractivity contribution in [3.63, 3.8) is 0 Å². The van der Waals surface area contributed by atoms with Gasteiger partial charge >= 0.3 is 5.97 Å².